The second-order valence-electron chi connectivity index (χ2n) is 3.21. The molecule has 1 unspecified atom stereocenters. The van der Waals surface area contributed by atoms with Gasteiger partial charge in [-0.1, -0.05) is 28.9 Å². The Morgan fingerprint density at radius 1 is 1.43 bits per heavy atom. The number of hydrogen-bond acceptors (Lipinski definition) is 3. The van der Waals surface area contributed by atoms with E-state index < -0.39 is 0 Å². The van der Waals surface area contributed by atoms with Gasteiger partial charge in [0.1, 0.15) is 6.10 Å². The van der Waals surface area contributed by atoms with Gasteiger partial charge in [0.05, 0.1) is 5.71 Å². The molecule has 2 rings (SSSR count). The summed E-state index contributed by atoms with van der Waals surface area (Å²) in [6, 6.07) is 7.55. The minimum Gasteiger partial charge on any atom is -0.390 e. The van der Waals surface area contributed by atoms with Crippen molar-refractivity contribution in [2.24, 2.45) is 10.9 Å². The highest BCUT2D eigenvalue weighted by atomic mass is 35.5. The molecule has 0 saturated carbocycles. The first-order valence-electron chi connectivity index (χ1n) is 4.48. The maximum Gasteiger partial charge on any atom is 0.145 e. The minimum absolute atomic E-state index is 0.0284. The van der Waals surface area contributed by atoms with Crippen molar-refractivity contribution in [3.8, 4) is 0 Å². The summed E-state index contributed by atoms with van der Waals surface area (Å²) in [5, 5.41) is 4.71. The first-order chi connectivity index (χ1) is 6.79. The molecule has 0 radical (unpaired) electrons. The van der Waals surface area contributed by atoms with Gasteiger partial charge in [-0.2, -0.15) is 0 Å². The van der Waals surface area contributed by atoms with Gasteiger partial charge in [0, 0.05) is 18.0 Å². The predicted molar refractivity (Wildman–Crippen MR) is 56.5 cm³/mol. The Bertz CT molecular complexity index is 348. The molecule has 14 heavy (non-hydrogen) atoms. The van der Waals surface area contributed by atoms with Crippen LogP contribution in [-0.2, 0) is 4.84 Å². The second-order valence-corrected chi connectivity index (χ2v) is 3.65. The van der Waals surface area contributed by atoms with E-state index in [0.717, 1.165) is 22.7 Å². The van der Waals surface area contributed by atoms with Crippen LogP contribution < -0.4 is 5.73 Å². The molecule has 1 aromatic rings. The lowest BCUT2D eigenvalue weighted by molar-refractivity contribution is 0.0918. The van der Waals surface area contributed by atoms with Crippen molar-refractivity contribution in [3.63, 3.8) is 0 Å². The summed E-state index contributed by atoms with van der Waals surface area (Å²) >= 11 is 5.78. The van der Waals surface area contributed by atoms with Gasteiger partial charge in [-0.25, -0.2) is 0 Å². The third kappa shape index (κ3) is 1.89. The summed E-state index contributed by atoms with van der Waals surface area (Å²) in [6.07, 6.45) is 0.804. The van der Waals surface area contributed by atoms with Gasteiger partial charge in [0.15, 0.2) is 0 Å². The lowest BCUT2D eigenvalue weighted by Crippen LogP contribution is -2.20. The van der Waals surface area contributed by atoms with Gasteiger partial charge in [-0.3, -0.25) is 0 Å². The van der Waals surface area contributed by atoms with E-state index in [1.54, 1.807) is 0 Å². The number of nitrogens with two attached hydrogens (primary N) is 1. The number of halogens is 1. The van der Waals surface area contributed by atoms with E-state index in [9.17, 15) is 0 Å². The zero-order chi connectivity index (χ0) is 9.97. The predicted octanol–water partition coefficient (Wildman–Crippen LogP) is 1.79. The topological polar surface area (TPSA) is 47.6 Å². The van der Waals surface area contributed by atoms with Gasteiger partial charge < -0.3 is 10.6 Å². The largest absolute Gasteiger partial charge is 0.390 e. The van der Waals surface area contributed by atoms with Crippen molar-refractivity contribution in [3.05, 3.63) is 34.9 Å². The van der Waals surface area contributed by atoms with Crippen molar-refractivity contribution >= 4 is 17.3 Å². The SMILES string of the molecule is NCC1CC(c2ccc(Cl)cc2)=NO1. The highest BCUT2D eigenvalue weighted by molar-refractivity contribution is 6.30. The molecule has 0 fully saturated rings. The summed E-state index contributed by atoms with van der Waals surface area (Å²) in [5.41, 5.74) is 7.47. The molecule has 0 amide bonds. The molecule has 1 atom stereocenters. The van der Waals surface area contributed by atoms with Gasteiger partial charge in [0.25, 0.3) is 0 Å². The zero-order valence-electron chi connectivity index (χ0n) is 7.61. The first-order valence-corrected chi connectivity index (χ1v) is 4.86. The molecule has 0 saturated heterocycles. The molecule has 2 N–H and O–H groups in total. The van der Waals surface area contributed by atoms with Crippen LogP contribution in [0, 0.1) is 0 Å². The first kappa shape index (κ1) is 9.49. The van der Waals surface area contributed by atoms with Crippen molar-refractivity contribution in [1.29, 1.82) is 0 Å². The van der Waals surface area contributed by atoms with E-state index in [2.05, 4.69) is 5.16 Å². The lowest BCUT2D eigenvalue weighted by Gasteiger charge is -2.02. The molecule has 1 aliphatic rings. The van der Waals surface area contributed by atoms with Crippen LogP contribution in [-0.4, -0.2) is 18.4 Å². The molecule has 74 valence electrons. The van der Waals surface area contributed by atoms with Crippen LogP contribution in [0.25, 0.3) is 0 Å². The molecule has 1 aromatic carbocycles. The van der Waals surface area contributed by atoms with Gasteiger partial charge in [0.2, 0.25) is 0 Å². The molecular formula is C10H11ClN2O. The van der Waals surface area contributed by atoms with Crippen molar-refractivity contribution < 1.29 is 4.84 Å². The van der Waals surface area contributed by atoms with Crippen molar-refractivity contribution in [1.82, 2.24) is 0 Å². The molecule has 0 aliphatic carbocycles. The monoisotopic (exact) mass is 210 g/mol. The molecule has 3 nitrogen and oxygen atoms in total. The Kier molecular flexibility index (Phi) is 2.70. The fraction of sp³-hybridized carbons (Fsp3) is 0.300. The molecule has 0 bridgehead atoms. The zero-order valence-corrected chi connectivity index (χ0v) is 8.37. The van der Waals surface area contributed by atoms with Gasteiger partial charge in [-0.05, 0) is 17.7 Å². The van der Waals surface area contributed by atoms with Crippen molar-refractivity contribution in [2.45, 2.75) is 12.5 Å². The van der Waals surface area contributed by atoms with E-state index in [4.69, 9.17) is 22.2 Å². The highest BCUT2D eigenvalue weighted by Crippen LogP contribution is 2.17. The standard InChI is InChI=1S/C10H11ClN2O/c11-8-3-1-7(2-4-8)10-5-9(6-12)14-13-10/h1-4,9H,5-6,12H2. The number of rotatable bonds is 2. The van der Waals surface area contributed by atoms with Gasteiger partial charge in [-0.15, -0.1) is 0 Å². The summed E-state index contributed by atoms with van der Waals surface area (Å²) in [7, 11) is 0. The Morgan fingerprint density at radius 2 is 2.14 bits per heavy atom. The van der Waals surface area contributed by atoms with E-state index in [1.807, 2.05) is 24.3 Å². The highest BCUT2D eigenvalue weighted by Gasteiger charge is 2.20. The molecule has 0 aromatic heterocycles. The van der Waals surface area contributed by atoms with Crippen LogP contribution in [0.5, 0.6) is 0 Å². The Balaban J connectivity index is 2.13. The molecule has 4 heteroatoms. The number of benzene rings is 1. The third-order valence-electron chi connectivity index (χ3n) is 2.17. The maximum atomic E-state index is 5.78. The quantitative estimate of drug-likeness (QED) is 0.809. The van der Waals surface area contributed by atoms with Gasteiger partial charge >= 0.3 is 0 Å². The van der Waals surface area contributed by atoms with Crippen molar-refractivity contribution in [2.75, 3.05) is 6.54 Å². The van der Waals surface area contributed by atoms with Crippen LogP contribution in [0.4, 0.5) is 0 Å². The number of oxime groups is 1. The van der Waals surface area contributed by atoms with Crippen LogP contribution >= 0.6 is 11.6 Å². The average Bonchev–Trinajstić information content (AvgIpc) is 2.67. The van der Waals surface area contributed by atoms with E-state index in [0.29, 0.717) is 6.54 Å². The van der Waals surface area contributed by atoms with Crippen LogP contribution in [0.3, 0.4) is 0 Å². The van der Waals surface area contributed by atoms with Crippen LogP contribution in [0.2, 0.25) is 5.02 Å². The fourth-order valence-electron chi connectivity index (χ4n) is 1.37. The second kappa shape index (κ2) is 3.98. The molecule has 1 heterocycles. The Morgan fingerprint density at radius 3 is 2.71 bits per heavy atom. The minimum atomic E-state index is 0.0284. The smallest absolute Gasteiger partial charge is 0.145 e. The van der Waals surface area contributed by atoms with Crippen LogP contribution in [0.15, 0.2) is 29.4 Å². The maximum absolute atomic E-state index is 5.78. The third-order valence-corrected chi connectivity index (χ3v) is 2.43. The number of nitrogens with zero attached hydrogens (tertiary/aromatic N) is 1. The summed E-state index contributed by atoms with van der Waals surface area (Å²) < 4.78 is 0. The average molecular weight is 211 g/mol. The van der Waals surface area contributed by atoms with Crippen LogP contribution in [0.1, 0.15) is 12.0 Å². The fourth-order valence-corrected chi connectivity index (χ4v) is 1.49. The number of hydrogen-bond donors (Lipinski definition) is 1. The molecule has 1 aliphatic heterocycles. The van der Waals surface area contributed by atoms with E-state index >= 15 is 0 Å². The summed E-state index contributed by atoms with van der Waals surface area (Å²) in [6.45, 7) is 0.501. The summed E-state index contributed by atoms with van der Waals surface area (Å²) in [4.78, 5) is 5.13. The van der Waals surface area contributed by atoms with E-state index in [1.165, 1.54) is 0 Å². The normalized spacial score (nSPS) is 20.4. The molecule has 0 spiro atoms. The van der Waals surface area contributed by atoms with E-state index in [-0.39, 0.29) is 6.10 Å². The Labute approximate surface area is 87.5 Å². The Hall–Kier alpha value is -1.06. The summed E-state index contributed by atoms with van der Waals surface area (Å²) in [5.74, 6) is 0. The lowest BCUT2D eigenvalue weighted by atomic mass is 10.1. The molecular weight excluding hydrogens is 200 g/mol.